The van der Waals surface area contributed by atoms with Gasteiger partial charge in [-0.3, -0.25) is 14.3 Å². The van der Waals surface area contributed by atoms with Crippen LogP contribution in [0.25, 0.3) is 11.2 Å². The maximum Gasteiger partial charge on any atom is 0.277 e. The van der Waals surface area contributed by atoms with Crippen molar-refractivity contribution in [2.45, 2.75) is 57.8 Å². The number of rotatable bonds is 6. The molecule has 1 aliphatic rings. The molecule has 9 heteroatoms. The van der Waals surface area contributed by atoms with Crippen LogP contribution in [0.2, 0.25) is 0 Å². The first-order valence-corrected chi connectivity index (χ1v) is 10.5. The monoisotopic (exact) mass is 430 g/mol. The van der Waals surface area contributed by atoms with Gasteiger partial charge in [-0.05, 0) is 69.4 Å². The molecule has 1 aliphatic carbocycles. The molecule has 3 aromatic rings. The smallest absolute Gasteiger partial charge is 0.277 e. The van der Waals surface area contributed by atoms with Gasteiger partial charge >= 0.3 is 0 Å². The van der Waals surface area contributed by atoms with Crippen LogP contribution >= 0.6 is 12.2 Å². The Morgan fingerprint density at radius 2 is 2.00 bits per heavy atom. The second kappa shape index (κ2) is 7.88. The Kier molecular flexibility index (Phi) is 5.42. The molecule has 0 saturated heterocycles. The van der Waals surface area contributed by atoms with Crippen molar-refractivity contribution in [3.63, 3.8) is 0 Å². The highest BCUT2D eigenvalue weighted by atomic mass is 32.1. The summed E-state index contributed by atoms with van der Waals surface area (Å²) < 4.78 is 13.6. The van der Waals surface area contributed by atoms with E-state index in [2.05, 4.69) is 15.0 Å². The van der Waals surface area contributed by atoms with Crippen LogP contribution in [-0.2, 0) is 12.1 Å². The number of imidazole rings is 1. The average Bonchev–Trinajstić information content (AvgIpc) is 3.35. The SMILES string of the molecule is COc1ccc(Cn2c(=S)[nH]c(=O)c3[nH]c(C(C)(C)O)nc32)cc1OC1CCCC1. The van der Waals surface area contributed by atoms with E-state index in [-0.39, 0.29) is 22.0 Å². The van der Waals surface area contributed by atoms with Crippen molar-refractivity contribution in [2.75, 3.05) is 7.11 Å². The highest BCUT2D eigenvalue weighted by Gasteiger charge is 2.23. The average molecular weight is 431 g/mol. The molecule has 3 N–H and O–H groups in total. The molecular formula is C21H26N4O4S. The summed E-state index contributed by atoms with van der Waals surface area (Å²) in [6, 6.07) is 5.75. The number of ether oxygens (including phenoxy) is 2. The van der Waals surface area contributed by atoms with Gasteiger partial charge in [0.05, 0.1) is 19.8 Å². The summed E-state index contributed by atoms with van der Waals surface area (Å²) in [5.74, 6) is 1.69. The van der Waals surface area contributed by atoms with Gasteiger partial charge in [0.25, 0.3) is 5.56 Å². The van der Waals surface area contributed by atoms with Crippen molar-refractivity contribution in [1.82, 2.24) is 19.5 Å². The highest BCUT2D eigenvalue weighted by Crippen LogP contribution is 2.33. The molecule has 0 amide bonds. The van der Waals surface area contributed by atoms with Gasteiger partial charge in [0.1, 0.15) is 16.9 Å². The summed E-state index contributed by atoms with van der Waals surface area (Å²) in [5.41, 5.74) is 0.0229. The van der Waals surface area contributed by atoms with E-state index in [1.807, 2.05) is 18.2 Å². The van der Waals surface area contributed by atoms with Crippen LogP contribution in [0.3, 0.4) is 0 Å². The number of hydrogen-bond donors (Lipinski definition) is 3. The summed E-state index contributed by atoms with van der Waals surface area (Å²) >= 11 is 5.40. The molecule has 1 fully saturated rings. The van der Waals surface area contributed by atoms with Gasteiger partial charge in [-0.15, -0.1) is 0 Å². The number of methoxy groups -OCH3 is 1. The highest BCUT2D eigenvalue weighted by molar-refractivity contribution is 7.71. The quantitative estimate of drug-likeness (QED) is 0.518. The second-order valence-electron chi connectivity index (χ2n) is 8.20. The van der Waals surface area contributed by atoms with E-state index >= 15 is 0 Å². The summed E-state index contributed by atoms with van der Waals surface area (Å²) in [6.07, 6.45) is 4.66. The molecule has 4 rings (SSSR count). The van der Waals surface area contributed by atoms with E-state index in [9.17, 15) is 9.90 Å². The minimum atomic E-state index is -1.21. The number of fused-ring (bicyclic) bond motifs is 1. The zero-order chi connectivity index (χ0) is 21.5. The van der Waals surface area contributed by atoms with E-state index < -0.39 is 5.60 Å². The third kappa shape index (κ3) is 3.99. The van der Waals surface area contributed by atoms with E-state index in [0.29, 0.717) is 29.5 Å². The lowest BCUT2D eigenvalue weighted by atomic mass is 10.1. The predicted octanol–water partition coefficient (Wildman–Crippen LogP) is 3.39. The Hall–Kier alpha value is -2.65. The molecule has 0 atom stereocenters. The van der Waals surface area contributed by atoms with Gasteiger partial charge in [0.2, 0.25) is 0 Å². The molecule has 160 valence electrons. The van der Waals surface area contributed by atoms with E-state index in [1.165, 1.54) is 12.8 Å². The van der Waals surface area contributed by atoms with Gasteiger partial charge in [-0.2, -0.15) is 0 Å². The summed E-state index contributed by atoms with van der Waals surface area (Å²) in [6.45, 7) is 3.59. The molecule has 0 aliphatic heterocycles. The fraction of sp³-hybridized carbons (Fsp3) is 0.476. The van der Waals surface area contributed by atoms with Crippen molar-refractivity contribution in [3.05, 3.63) is 44.7 Å². The Morgan fingerprint density at radius 1 is 1.27 bits per heavy atom. The molecule has 1 aromatic carbocycles. The van der Waals surface area contributed by atoms with Gasteiger partial charge in [-0.1, -0.05) is 6.07 Å². The fourth-order valence-corrected chi connectivity index (χ4v) is 4.00. The van der Waals surface area contributed by atoms with E-state index in [4.69, 9.17) is 21.7 Å². The molecule has 2 aromatic heterocycles. The molecular weight excluding hydrogens is 404 g/mol. The molecule has 2 heterocycles. The number of H-pyrrole nitrogens is 2. The Balaban J connectivity index is 1.74. The van der Waals surface area contributed by atoms with Crippen molar-refractivity contribution < 1.29 is 14.6 Å². The van der Waals surface area contributed by atoms with Crippen LogP contribution in [0.1, 0.15) is 50.9 Å². The Bertz CT molecular complexity index is 1180. The topological polar surface area (TPSA) is 105 Å². The number of nitrogens with one attached hydrogen (secondary N) is 2. The third-order valence-electron chi connectivity index (χ3n) is 5.38. The van der Waals surface area contributed by atoms with Gasteiger partial charge in [-0.25, -0.2) is 4.98 Å². The second-order valence-corrected chi connectivity index (χ2v) is 8.58. The third-order valence-corrected chi connectivity index (χ3v) is 5.70. The van der Waals surface area contributed by atoms with Gasteiger partial charge in [0, 0.05) is 0 Å². The molecule has 0 spiro atoms. The summed E-state index contributed by atoms with van der Waals surface area (Å²) in [5, 5.41) is 10.3. The maximum atomic E-state index is 12.4. The van der Waals surface area contributed by atoms with E-state index in [0.717, 1.165) is 18.4 Å². The minimum absolute atomic E-state index is 0.205. The van der Waals surface area contributed by atoms with Crippen LogP contribution < -0.4 is 15.0 Å². The zero-order valence-corrected chi connectivity index (χ0v) is 18.1. The van der Waals surface area contributed by atoms with Crippen LogP contribution in [0, 0.1) is 4.77 Å². The molecule has 30 heavy (non-hydrogen) atoms. The number of hydrogen-bond acceptors (Lipinski definition) is 6. The van der Waals surface area contributed by atoms with Crippen molar-refractivity contribution in [3.8, 4) is 11.5 Å². The van der Waals surface area contributed by atoms with Crippen LogP contribution in [-0.4, -0.2) is 37.8 Å². The molecule has 0 bridgehead atoms. The molecule has 0 unspecified atom stereocenters. The number of aromatic nitrogens is 4. The Labute approximate surface area is 178 Å². The lowest BCUT2D eigenvalue weighted by Gasteiger charge is -2.17. The van der Waals surface area contributed by atoms with Crippen molar-refractivity contribution in [2.24, 2.45) is 0 Å². The lowest BCUT2D eigenvalue weighted by molar-refractivity contribution is 0.0699. The Morgan fingerprint density at radius 3 is 2.67 bits per heavy atom. The number of benzene rings is 1. The maximum absolute atomic E-state index is 12.4. The summed E-state index contributed by atoms with van der Waals surface area (Å²) in [7, 11) is 1.62. The van der Waals surface area contributed by atoms with Crippen LogP contribution in [0.15, 0.2) is 23.0 Å². The normalized spacial score (nSPS) is 15.1. The fourth-order valence-electron chi connectivity index (χ4n) is 3.76. The van der Waals surface area contributed by atoms with Crippen LogP contribution in [0.5, 0.6) is 11.5 Å². The number of nitrogens with zero attached hydrogens (tertiary/aromatic N) is 2. The first-order valence-electron chi connectivity index (χ1n) is 10.1. The summed E-state index contributed by atoms with van der Waals surface area (Å²) in [4.78, 5) is 22.4. The largest absolute Gasteiger partial charge is 0.493 e. The van der Waals surface area contributed by atoms with Gasteiger partial charge in [0.15, 0.2) is 21.9 Å². The van der Waals surface area contributed by atoms with Crippen LogP contribution in [0.4, 0.5) is 0 Å². The number of aromatic amines is 2. The molecule has 0 radical (unpaired) electrons. The van der Waals surface area contributed by atoms with E-state index in [1.54, 1.807) is 25.5 Å². The van der Waals surface area contributed by atoms with Gasteiger partial charge < -0.3 is 19.6 Å². The lowest BCUT2D eigenvalue weighted by Crippen LogP contribution is -2.17. The van der Waals surface area contributed by atoms with Crippen molar-refractivity contribution >= 4 is 23.4 Å². The number of aliphatic hydroxyl groups is 1. The minimum Gasteiger partial charge on any atom is -0.493 e. The molecule has 1 saturated carbocycles. The molecule has 8 nitrogen and oxygen atoms in total. The first kappa shape index (κ1) is 20.6. The van der Waals surface area contributed by atoms with Crippen molar-refractivity contribution in [1.29, 1.82) is 0 Å². The standard InChI is InChI=1S/C21H26N4O4S/c1-21(2,27)19-22-16-17(23-19)25(20(30)24-18(16)26)11-12-8-9-14(28-3)15(10-12)29-13-6-4-5-7-13/h8-10,13,27H,4-7,11H2,1-3H3,(H,22,23)(H,24,26,30). The zero-order valence-electron chi connectivity index (χ0n) is 17.3. The predicted molar refractivity (Wildman–Crippen MR) is 116 cm³/mol. The first-order chi connectivity index (χ1) is 14.3.